The number of carbonyl (C=O) groups is 1. The molecule has 0 spiro atoms. The van der Waals surface area contributed by atoms with E-state index >= 15 is 0 Å². The van der Waals surface area contributed by atoms with Gasteiger partial charge in [-0.05, 0) is 67.6 Å². The smallest absolute Gasteiger partial charge is 0.338 e. The SMILES string of the molecule is CCOC(=O)c1ccc(NCc2ccc(-c3ccc(F)cc3)o2)cc1. The van der Waals surface area contributed by atoms with Gasteiger partial charge in [-0.3, -0.25) is 0 Å². The maximum Gasteiger partial charge on any atom is 0.338 e. The van der Waals surface area contributed by atoms with Crippen LogP contribution in [0.4, 0.5) is 10.1 Å². The fourth-order valence-corrected chi connectivity index (χ4v) is 2.37. The van der Waals surface area contributed by atoms with Crippen molar-refractivity contribution in [3.8, 4) is 11.3 Å². The van der Waals surface area contributed by atoms with Crippen LogP contribution in [-0.4, -0.2) is 12.6 Å². The molecule has 0 fully saturated rings. The second-order valence-electron chi connectivity index (χ2n) is 5.42. The average molecular weight is 339 g/mol. The van der Waals surface area contributed by atoms with E-state index in [0.717, 1.165) is 17.0 Å². The van der Waals surface area contributed by atoms with Crippen LogP contribution in [-0.2, 0) is 11.3 Å². The molecule has 0 unspecified atom stereocenters. The molecular weight excluding hydrogens is 321 g/mol. The molecule has 0 aliphatic carbocycles. The van der Waals surface area contributed by atoms with Crippen molar-refractivity contribution in [3.63, 3.8) is 0 Å². The summed E-state index contributed by atoms with van der Waals surface area (Å²) in [7, 11) is 0. The number of hydrogen-bond donors (Lipinski definition) is 1. The highest BCUT2D eigenvalue weighted by atomic mass is 19.1. The highest BCUT2D eigenvalue weighted by molar-refractivity contribution is 5.89. The van der Waals surface area contributed by atoms with Gasteiger partial charge in [-0.1, -0.05) is 0 Å². The van der Waals surface area contributed by atoms with E-state index in [9.17, 15) is 9.18 Å². The molecule has 1 aromatic heterocycles. The van der Waals surface area contributed by atoms with E-state index in [1.807, 2.05) is 24.3 Å². The van der Waals surface area contributed by atoms with Gasteiger partial charge in [-0.25, -0.2) is 9.18 Å². The number of rotatable bonds is 6. The van der Waals surface area contributed by atoms with Gasteiger partial charge >= 0.3 is 5.97 Å². The van der Waals surface area contributed by atoms with Crippen LogP contribution in [0.5, 0.6) is 0 Å². The molecule has 0 aliphatic heterocycles. The van der Waals surface area contributed by atoms with E-state index in [0.29, 0.717) is 24.5 Å². The van der Waals surface area contributed by atoms with Crippen molar-refractivity contribution in [3.05, 3.63) is 77.8 Å². The lowest BCUT2D eigenvalue weighted by molar-refractivity contribution is 0.0526. The molecule has 2 aromatic carbocycles. The second kappa shape index (κ2) is 7.66. The van der Waals surface area contributed by atoms with E-state index in [2.05, 4.69) is 5.32 Å². The Morgan fingerprint density at radius 2 is 1.76 bits per heavy atom. The van der Waals surface area contributed by atoms with Crippen molar-refractivity contribution >= 4 is 11.7 Å². The molecule has 0 amide bonds. The Morgan fingerprint density at radius 3 is 2.44 bits per heavy atom. The van der Waals surface area contributed by atoms with Crippen LogP contribution < -0.4 is 5.32 Å². The molecule has 25 heavy (non-hydrogen) atoms. The normalized spacial score (nSPS) is 10.5. The number of hydrogen-bond acceptors (Lipinski definition) is 4. The Morgan fingerprint density at radius 1 is 1.04 bits per heavy atom. The second-order valence-corrected chi connectivity index (χ2v) is 5.42. The zero-order valence-corrected chi connectivity index (χ0v) is 13.8. The van der Waals surface area contributed by atoms with E-state index in [1.54, 1.807) is 31.2 Å². The van der Waals surface area contributed by atoms with Crippen LogP contribution in [0.2, 0.25) is 0 Å². The lowest BCUT2D eigenvalue weighted by Crippen LogP contribution is -2.05. The summed E-state index contributed by atoms with van der Waals surface area (Å²) in [6.45, 7) is 2.63. The first-order valence-electron chi connectivity index (χ1n) is 8.01. The molecule has 0 atom stereocenters. The number of benzene rings is 2. The van der Waals surface area contributed by atoms with Crippen molar-refractivity contribution < 1.29 is 18.3 Å². The molecule has 0 radical (unpaired) electrons. The van der Waals surface area contributed by atoms with Gasteiger partial charge in [0.15, 0.2) is 0 Å². The molecule has 0 saturated carbocycles. The largest absolute Gasteiger partial charge is 0.462 e. The van der Waals surface area contributed by atoms with Crippen molar-refractivity contribution in [1.29, 1.82) is 0 Å². The summed E-state index contributed by atoms with van der Waals surface area (Å²) in [5.41, 5.74) is 2.21. The molecule has 3 rings (SSSR count). The monoisotopic (exact) mass is 339 g/mol. The fourth-order valence-electron chi connectivity index (χ4n) is 2.37. The Labute approximate surface area is 145 Å². The first-order chi connectivity index (χ1) is 12.2. The quantitative estimate of drug-likeness (QED) is 0.651. The Hall–Kier alpha value is -3.08. The van der Waals surface area contributed by atoms with E-state index in [1.165, 1.54) is 12.1 Å². The van der Waals surface area contributed by atoms with E-state index < -0.39 is 0 Å². The van der Waals surface area contributed by atoms with Gasteiger partial charge in [-0.15, -0.1) is 0 Å². The molecule has 0 saturated heterocycles. The van der Waals surface area contributed by atoms with Crippen molar-refractivity contribution in [2.75, 3.05) is 11.9 Å². The molecule has 0 aliphatic rings. The van der Waals surface area contributed by atoms with Crippen LogP contribution >= 0.6 is 0 Å². The summed E-state index contributed by atoms with van der Waals surface area (Å²) in [5, 5.41) is 3.23. The van der Waals surface area contributed by atoms with Crippen molar-refractivity contribution in [1.82, 2.24) is 0 Å². The van der Waals surface area contributed by atoms with Crippen LogP contribution in [0, 0.1) is 5.82 Å². The lowest BCUT2D eigenvalue weighted by Gasteiger charge is -2.06. The molecular formula is C20H18FNO3. The Balaban J connectivity index is 1.60. The number of anilines is 1. The minimum Gasteiger partial charge on any atom is -0.462 e. The summed E-state index contributed by atoms with van der Waals surface area (Å²) < 4.78 is 23.7. The van der Waals surface area contributed by atoms with Gasteiger partial charge in [0.05, 0.1) is 18.7 Å². The third kappa shape index (κ3) is 4.26. The zero-order valence-electron chi connectivity index (χ0n) is 13.8. The maximum absolute atomic E-state index is 13.0. The summed E-state index contributed by atoms with van der Waals surface area (Å²) in [6, 6.07) is 17.0. The van der Waals surface area contributed by atoms with Crippen LogP contribution in [0.3, 0.4) is 0 Å². The van der Waals surface area contributed by atoms with Gasteiger partial charge in [0.1, 0.15) is 17.3 Å². The first-order valence-corrected chi connectivity index (χ1v) is 8.01. The predicted octanol–water partition coefficient (Wildman–Crippen LogP) is 4.87. The number of nitrogens with one attached hydrogen (secondary N) is 1. The minimum atomic E-state index is -0.330. The molecule has 5 heteroatoms. The molecule has 4 nitrogen and oxygen atoms in total. The number of halogens is 1. The van der Waals surface area contributed by atoms with Crippen LogP contribution in [0.15, 0.2) is 65.1 Å². The van der Waals surface area contributed by atoms with E-state index in [4.69, 9.17) is 9.15 Å². The Bertz CT molecular complexity index is 838. The van der Waals surface area contributed by atoms with Gasteiger partial charge < -0.3 is 14.5 Å². The van der Waals surface area contributed by atoms with Crippen molar-refractivity contribution in [2.45, 2.75) is 13.5 Å². The summed E-state index contributed by atoms with van der Waals surface area (Å²) in [4.78, 5) is 11.6. The third-order valence-corrected chi connectivity index (χ3v) is 3.65. The number of furan rings is 1. The first kappa shape index (κ1) is 16.8. The van der Waals surface area contributed by atoms with E-state index in [-0.39, 0.29) is 11.8 Å². The molecule has 0 bridgehead atoms. The zero-order chi connectivity index (χ0) is 17.6. The van der Waals surface area contributed by atoms with Crippen LogP contribution in [0.1, 0.15) is 23.0 Å². The Kier molecular flexibility index (Phi) is 5.14. The molecule has 3 aromatic rings. The molecule has 1 N–H and O–H groups in total. The van der Waals surface area contributed by atoms with Crippen LogP contribution in [0.25, 0.3) is 11.3 Å². The average Bonchev–Trinajstić information content (AvgIpc) is 3.10. The topological polar surface area (TPSA) is 51.5 Å². The molecule has 128 valence electrons. The lowest BCUT2D eigenvalue weighted by atomic mass is 10.2. The number of ether oxygens (including phenoxy) is 1. The number of esters is 1. The van der Waals surface area contributed by atoms with Crippen molar-refractivity contribution in [2.24, 2.45) is 0 Å². The maximum atomic E-state index is 13.0. The predicted molar refractivity (Wildman–Crippen MR) is 93.8 cm³/mol. The summed E-state index contributed by atoms with van der Waals surface area (Å²) in [6.07, 6.45) is 0. The van der Waals surface area contributed by atoms with Gasteiger partial charge in [0.2, 0.25) is 0 Å². The highest BCUT2D eigenvalue weighted by Crippen LogP contribution is 2.23. The summed E-state index contributed by atoms with van der Waals surface area (Å²) >= 11 is 0. The van der Waals surface area contributed by atoms with Gasteiger partial charge in [-0.2, -0.15) is 0 Å². The fraction of sp³-hybridized carbons (Fsp3) is 0.150. The third-order valence-electron chi connectivity index (χ3n) is 3.65. The summed E-state index contributed by atoms with van der Waals surface area (Å²) in [5.74, 6) is 0.843. The number of carbonyl (C=O) groups excluding carboxylic acids is 1. The minimum absolute atomic E-state index is 0.275. The van der Waals surface area contributed by atoms with Gasteiger partial charge in [0.25, 0.3) is 0 Å². The molecule has 1 heterocycles. The van der Waals surface area contributed by atoms with Gasteiger partial charge in [0, 0.05) is 11.3 Å². The standard InChI is InChI=1S/C20H18FNO3/c1-2-24-20(23)15-5-9-17(10-6-15)22-13-18-11-12-19(25-18)14-3-7-16(21)8-4-14/h3-12,22H,2,13H2,1H3. The highest BCUT2D eigenvalue weighted by Gasteiger charge is 2.07.